The van der Waals surface area contributed by atoms with Crippen molar-refractivity contribution >= 4 is 6.09 Å². The van der Waals surface area contributed by atoms with Gasteiger partial charge >= 0.3 is 6.09 Å². The maximum atomic E-state index is 12.2. The fourth-order valence-electron chi connectivity index (χ4n) is 3.40. The molecular weight excluding hydrogens is 278 g/mol. The highest BCUT2D eigenvalue weighted by Crippen LogP contribution is 2.26. The fourth-order valence-corrected chi connectivity index (χ4v) is 3.40. The Labute approximate surface area is 134 Å². The average Bonchev–Trinajstić information content (AvgIpc) is 2.91. The molecule has 1 saturated carbocycles. The molecule has 0 bridgehead atoms. The Bertz CT molecular complexity index is 425. The Balaban J connectivity index is 1.78. The minimum Gasteiger partial charge on any atom is -0.444 e. The quantitative estimate of drug-likeness (QED) is 0.870. The summed E-state index contributed by atoms with van der Waals surface area (Å²) in [4.78, 5) is 14.0. The second-order valence-electron chi connectivity index (χ2n) is 7.62. The van der Waals surface area contributed by atoms with Gasteiger partial charge in [0.1, 0.15) is 5.60 Å². The third-order valence-electron chi connectivity index (χ3n) is 4.52. The van der Waals surface area contributed by atoms with Crippen molar-refractivity contribution in [1.82, 2.24) is 10.2 Å². The predicted molar refractivity (Wildman–Crippen MR) is 85.3 cm³/mol. The molecule has 2 rings (SSSR count). The number of ether oxygens (including phenoxy) is 1. The van der Waals surface area contributed by atoms with Crippen LogP contribution in [-0.4, -0.2) is 42.3 Å². The Kier molecular flexibility index (Phi) is 5.69. The van der Waals surface area contributed by atoms with E-state index in [2.05, 4.69) is 11.4 Å². The number of hydrogen-bond acceptors (Lipinski definition) is 4. The number of carbonyl (C=O) groups is 1. The zero-order valence-corrected chi connectivity index (χ0v) is 14.1. The molecule has 1 N–H and O–H groups in total. The highest BCUT2D eigenvalue weighted by Gasteiger charge is 2.30. The number of nitrogens with zero attached hydrogens (tertiary/aromatic N) is 2. The molecule has 1 aliphatic carbocycles. The molecule has 1 saturated heterocycles. The number of piperidine rings is 1. The van der Waals surface area contributed by atoms with E-state index in [1.807, 2.05) is 25.7 Å². The van der Waals surface area contributed by atoms with Gasteiger partial charge in [-0.15, -0.1) is 0 Å². The van der Waals surface area contributed by atoms with Crippen LogP contribution in [0.4, 0.5) is 4.79 Å². The van der Waals surface area contributed by atoms with Gasteiger partial charge in [0.05, 0.1) is 12.0 Å². The Morgan fingerprint density at radius 1 is 1.32 bits per heavy atom. The number of nitriles is 1. The van der Waals surface area contributed by atoms with E-state index in [1.54, 1.807) is 0 Å². The summed E-state index contributed by atoms with van der Waals surface area (Å²) in [6.07, 6.45) is 5.22. The standard InChI is InChI=1S/C17H29N3O2/c1-17(2,3)22-16(21)20-9-5-6-13(12-20)11-19-15-8-4-7-14(15)10-18/h13-15,19H,4-9,11-12H2,1-3H3. The third kappa shape index (κ3) is 4.88. The summed E-state index contributed by atoms with van der Waals surface area (Å²) in [6.45, 7) is 8.13. The van der Waals surface area contributed by atoms with E-state index in [-0.39, 0.29) is 12.0 Å². The van der Waals surface area contributed by atoms with Crippen molar-refractivity contribution in [3.63, 3.8) is 0 Å². The molecular formula is C17H29N3O2. The lowest BCUT2D eigenvalue weighted by Gasteiger charge is -2.34. The number of hydrogen-bond donors (Lipinski definition) is 1. The maximum Gasteiger partial charge on any atom is 0.410 e. The Hall–Kier alpha value is -1.28. The molecule has 3 unspecified atom stereocenters. The van der Waals surface area contributed by atoms with Gasteiger partial charge in [-0.2, -0.15) is 5.26 Å². The van der Waals surface area contributed by atoms with Crippen molar-refractivity contribution in [3.05, 3.63) is 0 Å². The molecule has 1 heterocycles. The summed E-state index contributed by atoms with van der Waals surface area (Å²) >= 11 is 0. The minimum absolute atomic E-state index is 0.158. The largest absolute Gasteiger partial charge is 0.444 e. The first-order valence-electron chi connectivity index (χ1n) is 8.50. The molecule has 124 valence electrons. The van der Waals surface area contributed by atoms with E-state index in [1.165, 1.54) is 0 Å². The lowest BCUT2D eigenvalue weighted by Crippen LogP contribution is -2.46. The molecule has 2 aliphatic rings. The van der Waals surface area contributed by atoms with E-state index in [9.17, 15) is 4.79 Å². The van der Waals surface area contributed by atoms with Crippen LogP contribution >= 0.6 is 0 Å². The van der Waals surface area contributed by atoms with E-state index in [0.717, 1.165) is 51.7 Å². The van der Waals surface area contributed by atoms with Gasteiger partial charge in [-0.1, -0.05) is 6.42 Å². The van der Waals surface area contributed by atoms with Crippen LogP contribution in [0, 0.1) is 23.2 Å². The van der Waals surface area contributed by atoms with Gasteiger partial charge in [0, 0.05) is 19.1 Å². The van der Waals surface area contributed by atoms with Crippen molar-refractivity contribution < 1.29 is 9.53 Å². The van der Waals surface area contributed by atoms with Crippen LogP contribution in [0.5, 0.6) is 0 Å². The molecule has 2 fully saturated rings. The van der Waals surface area contributed by atoms with Crippen molar-refractivity contribution in [3.8, 4) is 6.07 Å². The molecule has 0 aromatic rings. The highest BCUT2D eigenvalue weighted by atomic mass is 16.6. The summed E-state index contributed by atoms with van der Waals surface area (Å²) in [6, 6.07) is 2.74. The SMILES string of the molecule is CC(C)(C)OC(=O)N1CCCC(CNC2CCCC2C#N)C1. The summed E-state index contributed by atoms with van der Waals surface area (Å²) < 4.78 is 5.46. The Morgan fingerprint density at radius 3 is 2.77 bits per heavy atom. The van der Waals surface area contributed by atoms with Crippen LogP contribution in [0.15, 0.2) is 0 Å². The van der Waals surface area contributed by atoms with Crippen molar-refractivity contribution in [2.75, 3.05) is 19.6 Å². The Morgan fingerprint density at radius 2 is 2.09 bits per heavy atom. The topological polar surface area (TPSA) is 65.4 Å². The molecule has 0 aromatic heterocycles. The summed E-state index contributed by atoms with van der Waals surface area (Å²) in [5.74, 6) is 0.617. The van der Waals surface area contributed by atoms with E-state index >= 15 is 0 Å². The van der Waals surface area contributed by atoms with Crippen molar-refractivity contribution in [2.45, 2.75) is 64.5 Å². The van der Waals surface area contributed by atoms with Crippen LogP contribution in [0.25, 0.3) is 0 Å². The molecule has 0 radical (unpaired) electrons. The molecule has 5 nitrogen and oxygen atoms in total. The first kappa shape index (κ1) is 17.1. The van der Waals surface area contributed by atoms with Gasteiger partial charge < -0.3 is 15.0 Å². The second kappa shape index (κ2) is 7.32. The fraction of sp³-hybridized carbons (Fsp3) is 0.882. The summed E-state index contributed by atoms with van der Waals surface area (Å²) in [5, 5.41) is 12.7. The molecule has 3 atom stereocenters. The summed E-state index contributed by atoms with van der Waals surface area (Å²) in [5.41, 5.74) is -0.438. The molecule has 5 heteroatoms. The van der Waals surface area contributed by atoms with Gasteiger partial charge in [-0.25, -0.2) is 4.79 Å². The van der Waals surface area contributed by atoms with Gasteiger partial charge in [0.25, 0.3) is 0 Å². The van der Waals surface area contributed by atoms with E-state index < -0.39 is 5.60 Å². The zero-order chi connectivity index (χ0) is 16.2. The summed E-state index contributed by atoms with van der Waals surface area (Å²) in [7, 11) is 0. The minimum atomic E-state index is -0.438. The molecule has 1 aliphatic heterocycles. The lowest BCUT2D eigenvalue weighted by molar-refractivity contribution is 0.0165. The van der Waals surface area contributed by atoms with Crippen LogP contribution in [0.3, 0.4) is 0 Å². The first-order valence-corrected chi connectivity index (χ1v) is 8.50. The molecule has 22 heavy (non-hydrogen) atoms. The van der Waals surface area contributed by atoms with Gasteiger partial charge in [-0.05, 0) is 58.9 Å². The monoisotopic (exact) mass is 307 g/mol. The number of amides is 1. The third-order valence-corrected chi connectivity index (χ3v) is 4.52. The van der Waals surface area contributed by atoms with Crippen LogP contribution < -0.4 is 5.32 Å². The van der Waals surface area contributed by atoms with Gasteiger partial charge in [-0.3, -0.25) is 0 Å². The number of carbonyl (C=O) groups excluding carboxylic acids is 1. The van der Waals surface area contributed by atoms with Crippen LogP contribution in [-0.2, 0) is 4.74 Å². The van der Waals surface area contributed by atoms with E-state index in [4.69, 9.17) is 10.00 Å². The number of likely N-dealkylation sites (tertiary alicyclic amines) is 1. The van der Waals surface area contributed by atoms with Crippen molar-refractivity contribution in [1.29, 1.82) is 5.26 Å². The van der Waals surface area contributed by atoms with Crippen molar-refractivity contribution in [2.24, 2.45) is 11.8 Å². The normalized spacial score (nSPS) is 29.2. The average molecular weight is 307 g/mol. The maximum absolute atomic E-state index is 12.2. The van der Waals surface area contributed by atoms with Crippen LogP contribution in [0.2, 0.25) is 0 Å². The number of nitrogens with one attached hydrogen (secondary N) is 1. The lowest BCUT2D eigenvalue weighted by atomic mass is 9.97. The highest BCUT2D eigenvalue weighted by molar-refractivity contribution is 5.68. The number of rotatable bonds is 3. The van der Waals surface area contributed by atoms with E-state index in [0.29, 0.717) is 12.0 Å². The van der Waals surface area contributed by atoms with Gasteiger partial charge in [0.2, 0.25) is 0 Å². The molecule has 1 amide bonds. The smallest absolute Gasteiger partial charge is 0.410 e. The first-order chi connectivity index (χ1) is 10.4. The molecule has 0 spiro atoms. The predicted octanol–water partition coefficient (Wildman–Crippen LogP) is 2.92. The van der Waals surface area contributed by atoms with Gasteiger partial charge in [0.15, 0.2) is 0 Å². The van der Waals surface area contributed by atoms with Crippen LogP contribution in [0.1, 0.15) is 52.9 Å². The zero-order valence-electron chi connectivity index (χ0n) is 14.1. The molecule has 0 aromatic carbocycles. The second-order valence-corrected chi connectivity index (χ2v) is 7.62.